The Hall–Kier alpha value is -3.37. The summed E-state index contributed by atoms with van der Waals surface area (Å²) < 4.78 is 27.6. The maximum Gasteiger partial charge on any atom is 0.243 e. The van der Waals surface area contributed by atoms with Crippen molar-refractivity contribution in [3.05, 3.63) is 90.5 Å². The Labute approximate surface area is 227 Å². The van der Waals surface area contributed by atoms with Gasteiger partial charge in [0.1, 0.15) is 0 Å². The summed E-state index contributed by atoms with van der Waals surface area (Å²) in [6, 6.07) is 26.5. The van der Waals surface area contributed by atoms with Gasteiger partial charge in [0.2, 0.25) is 15.9 Å². The van der Waals surface area contributed by atoms with Crippen molar-refractivity contribution < 1.29 is 13.2 Å². The molecule has 0 spiro atoms. The van der Waals surface area contributed by atoms with Crippen LogP contribution in [0.2, 0.25) is 0 Å². The topological polar surface area (TPSA) is 82.6 Å². The standard InChI is InChI=1S/C29H30N4O3S2/c1-21-13-15-25(16-14-21)38(35,36)33-19-17-32(18-20-33)22(2)28(34)31-29-30-26(23-9-5-3-6-10-23)27(37-29)24-11-7-4-8-12-24/h3-16,22H,17-20H2,1-2H3,(H,30,31,34). The highest BCUT2D eigenvalue weighted by atomic mass is 32.2. The number of hydrogen-bond donors (Lipinski definition) is 1. The molecule has 1 unspecified atom stereocenters. The number of piperazine rings is 1. The molecule has 2 heterocycles. The van der Waals surface area contributed by atoms with Crippen LogP contribution in [0.5, 0.6) is 0 Å². The van der Waals surface area contributed by atoms with Crippen molar-refractivity contribution in [2.45, 2.75) is 24.8 Å². The van der Waals surface area contributed by atoms with Gasteiger partial charge in [0.25, 0.3) is 0 Å². The fourth-order valence-electron chi connectivity index (χ4n) is 4.52. The van der Waals surface area contributed by atoms with E-state index in [-0.39, 0.29) is 5.91 Å². The number of anilines is 1. The van der Waals surface area contributed by atoms with Crippen molar-refractivity contribution in [3.8, 4) is 21.7 Å². The van der Waals surface area contributed by atoms with Crippen LogP contribution in [-0.4, -0.2) is 60.7 Å². The molecular formula is C29H30N4O3S2. The summed E-state index contributed by atoms with van der Waals surface area (Å²) in [5.41, 5.74) is 3.88. The normalized spacial score (nSPS) is 15.7. The highest BCUT2D eigenvalue weighted by Gasteiger charge is 2.32. The minimum Gasteiger partial charge on any atom is -0.301 e. The van der Waals surface area contributed by atoms with Gasteiger partial charge in [-0.1, -0.05) is 89.7 Å². The number of thiazole rings is 1. The minimum absolute atomic E-state index is 0.159. The van der Waals surface area contributed by atoms with E-state index in [0.29, 0.717) is 36.2 Å². The third kappa shape index (κ3) is 5.56. The lowest BCUT2D eigenvalue weighted by Crippen LogP contribution is -2.53. The lowest BCUT2D eigenvalue weighted by Gasteiger charge is -2.36. The second-order valence-electron chi connectivity index (χ2n) is 9.35. The molecule has 1 amide bonds. The van der Waals surface area contributed by atoms with E-state index in [2.05, 4.69) is 5.32 Å². The van der Waals surface area contributed by atoms with E-state index in [0.717, 1.165) is 27.3 Å². The quantitative estimate of drug-likeness (QED) is 0.348. The van der Waals surface area contributed by atoms with Gasteiger partial charge in [-0.25, -0.2) is 13.4 Å². The molecule has 1 aliphatic rings. The van der Waals surface area contributed by atoms with Gasteiger partial charge in [-0.05, 0) is 31.5 Å². The molecule has 1 aromatic heterocycles. The summed E-state index contributed by atoms with van der Waals surface area (Å²) in [5.74, 6) is -0.159. The lowest BCUT2D eigenvalue weighted by atomic mass is 10.1. The van der Waals surface area contributed by atoms with E-state index in [4.69, 9.17) is 4.98 Å². The first-order valence-corrected chi connectivity index (χ1v) is 14.8. The summed E-state index contributed by atoms with van der Waals surface area (Å²) in [4.78, 5) is 21.3. The van der Waals surface area contributed by atoms with E-state index in [1.54, 1.807) is 24.3 Å². The smallest absolute Gasteiger partial charge is 0.243 e. The van der Waals surface area contributed by atoms with E-state index in [9.17, 15) is 13.2 Å². The monoisotopic (exact) mass is 546 g/mol. The van der Waals surface area contributed by atoms with Crippen LogP contribution >= 0.6 is 11.3 Å². The summed E-state index contributed by atoms with van der Waals surface area (Å²) in [5, 5.41) is 3.55. The summed E-state index contributed by atoms with van der Waals surface area (Å²) >= 11 is 1.45. The Balaban J connectivity index is 1.27. The summed E-state index contributed by atoms with van der Waals surface area (Å²) in [6.07, 6.45) is 0. The van der Waals surface area contributed by atoms with Crippen LogP contribution in [0.15, 0.2) is 89.8 Å². The zero-order valence-electron chi connectivity index (χ0n) is 21.4. The van der Waals surface area contributed by atoms with Crippen molar-refractivity contribution in [1.82, 2.24) is 14.2 Å². The molecule has 1 fully saturated rings. The number of aryl methyl sites for hydroxylation is 1. The molecule has 4 aromatic rings. The molecule has 196 valence electrons. The third-order valence-electron chi connectivity index (χ3n) is 6.80. The Morgan fingerprint density at radius 2 is 1.45 bits per heavy atom. The number of benzene rings is 3. The molecule has 3 aromatic carbocycles. The van der Waals surface area contributed by atoms with Crippen molar-refractivity contribution in [3.63, 3.8) is 0 Å². The van der Waals surface area contributed by atoms with Crippen LogP contribution in [0.1, 0.15) is 12.5 Å². The predicted molar refractivity (Wildman–Crippen MR) is 153 cm³/mol. The molecule has 0 aliphatic carbocycles. The third-order valence-corrected chi connectivity index (χ3v) is 9.73. The first kappa shape index (κ1) is 26.2. The molecule has 0 bridgehead atoms. The Bertz CT molecular complexity index is 1440. The maximum atomic E-state index is 13.2. The first-order valence-electron chi connectivity index (χ1n) is 12.6. The second kappa shape index (κ2) is 11.2. The van der Waals surface area contributed by atoms with Crippen LogP contribution in [0.25, 0.3) is 21.7 Å². The van der Waals surface area contributed by atoms with Gasteiger partial charge in [-0.15, -0.1) is 0 Å². The largest absolute Gasteiger partial charge is 0.301 e. The average Bonchev–Trinajstić information content (AvgIpc) is 3.37. The van der Waals surface area contributed by atoms with Crippen molar-refractivity contribution in [2.24, 2.45) is 0 Å². The van der Waals surface area contributed by atoms with E-state index in [1.165, 1.54) is 15.6 Å². The van der Waals surface area contributed by atoms with Gasteiger partial charge in [0, 0.05) is 31.7 Å². The summed E-state index contributed by atoms with van der Waals surface area (Å²) in [7, 11) is -3.55. The maximum absolute atomic E-state index is 13.2. The summed E-state index contributed by atoms with van der Waals surface area (Å²) in [6.45, 7) is 5.40. The van der Waals surface area contributed by atoms with Crippen molar-refractivity contribution >= 4 is 32.4 Å². The van der Waals surface area contributed by atoms with Gasteiger partial charge in [0.05, 0.1) is 21.5 Å². The average molecular weight is 547 g/mol. The van der Waals surface area contributed by atoms with Gasteiger partial charge < -0.3 is 5.32 Å². The fraction of sp³-hybridized carbons (Fsp3) is 0.241. The fourth-order valence-corrected chi connectivity index (χ4v) is 6.93. The number of carbonyl (C=O) groups is 1. The molecule has 5 rings (SSSR count). The molecule has 38 heavy (non-hydrogen) atoms. The highest BCUT2D eigenvalue weighted by molar-refractivity contribution is 7.89. The molecule has 1 saturated heterocycles. The number of nitrogens with zero attached hydrogens (tertiary/aromatic N) is 3. The molecule has 1 atom stereocenters. The Morgan fingerprint density at radius 3 is 2.05 bits per heavy atom. The van der Waals surface area contributed by atoms with E-state index in [1.807, 2.05) is 79.4 Å². The Kier molecular flexibility index (Phi) is 7.71. The molecule has 1 N–H and O–H groups in total. The minimum atomic E-state index is -3.55. The van der Waals surface area contributed by atoms with Crippen molar-refractivity contribution in [2.75, 3.05) is 31.5 Å². The van der Waals surface area contributed by atoms with Crippen LogP contribution in [0.3, 0.4) is 0 Å². The van der Waals surface area contributed by atoms with Gasteiger partial charge in [0.15, 0.2) is 5.13 Å². The number of aromatic nitrogens is 1. The van der Waals surface area contributed by atoms with Crippen LogP contribution in [0.4, 0.5) is 5.13 Å². The number of carbonyl (C=O) groups excluding carboxylic acids is 1. The molecule has 1 aliphatic heterocycles. The van der Waals surface area contributed by atoms with Crippen molar-refractivity contribution in [1.29, 1.82) is 0 Å². The molecule has 0 saturated carbocycles. The Morgan fingerprint density at radius 1 is 0.868 bits per heavy atom. The number of hydrogen-bond acceptors (Lipinski definition) is 6. The molecule has 0 radical (unpaired) electrons. The zero-order chi connectivity index (χ0) is 26.7. The van der Waals surface area contributed by atoms with Crippen LogP contribution in [-0.2, 0) is 14.8 Å². The number of amides is 1. The number of nitrogens with one attached hydrogen (secondary N) is 1. The molecular weight excluding hydrogens is 516 g/mol. The molecule has 9 heteroatoms. The van der Waals surface area contributed by atoms with Crippen LogP contribution in [0, 0.1) is 6.92 Å². The zero-order valence-corrected chi connectivity index (χ0v) is 23.0. The first-order chi connectivity index (χ1) is 18.3. The van der Waals surface area contributed by atoms with Gasteiger partial charge in [-0.3, -0.25) is 9.69 Å². The SMILES string of the molecule is Cc1ccc(S(=O)(=O)N2CCN(C(C)C(=O)Nc3nc(-c4ccccc4)c(-c4ccccc4)s3)CC2)cc1. The highest BCUT2D eigenvalue weighted by Crippen LogP contribution is 2.39. The predicted octanol–water partition coefficient (Wildman–Crippen LogP) is 5.12. The van der Waals surface area contributed by atoms with Crippen LogP contribution < -0.4 is 5.32 Å². The van der Waals surface area contributed by atoms with E-state index >= 15 is 0 Å². The number of rotatable bonds is 7. The van der Waals surface area contributed by atoms with Gasteiger partial charge in [-0.2, -0.15) is 4.31 Å². The second-order valence-corrected chi connectivity index (χ2v) is 12.3. The van der Waals surface area contributed by atoms with Gasteiger partial charge >= 0.3 is 0 Å². The molecule has 7 nitrogen and oxygen atoms in total. The van der Waals surface area contributed by atoms with E-state index < -0.39 is 16.1 Å². The lowest BCUT2D eigenvalue weighted by molar-refractivity contribution is -0.121. The number of sulfonamides is 1.